The van der Waals surface area contributed by atoms with E-state index in [4.69, 9.17) is 4.42 Å². The van der Waals surface area contributed by atoms with Crippen LogP contribution in [0.3, 0.4) is 0 Å². The molecule has 3 aromatic rings. The van der Waals surface area contributed by atoms with Gasteiger partial charge in [-0.25, -0.2) is 9.18 Å². The van der Waals surface area contributed by atoms with Crippen molar-refractivity contribution >= 4 is 23.3 Å². The van der Waals surface area contributed by atoms with E-state index in [0.29, 0.717) is 22.8 Å². The molecule has 1 aliphatic rings. The number of halogens is 1. The van der Waals surface area contributed by atoms with Gasteiger partial charge in [-0.05, 0) is 49.4 Å². The van der Waals surface area contributed by atoms with Gasteiger partial charge >= 0.3 is 6.03 Å². The second-order valence-corrected chi connectivity index (χ2v) is 7.04. The third-order valence-electron chi connectivity index (χ3n) is 4.87. The number of rotatable bonds is 5. The smallest absolute Gasteiger partial charge is 0.319 e. The number of carbonyl (C=O) groups is 2. The first-order valence-corrected chi connectivity index (χ1v) is 9.51. The molecule has 0 fully saturated rings. The van der Waals surface area contributed by atoms with Gasteiger partial charge in [0.15, 0.2) is 0 Å². The largest absolute Gasteiger partial charge is 0.459 e. The zero-order chi connectivity index (χ0) is 22.8. The molecule has 162 valence electrons. The lowest BCUT2D eigenvalue weighted by molar-refractivity contribution is -0.384. The van der Waals surface area contributed by atoms with Crippen molar-refractivity contribution in [1.82, 2.24) is 10.6 Å². The number of anilines is 1. The zero-order valence-electron chi connectivity index (χ0n) is 16.7. The van der Waals surface area contributed by atoms with Crippen LogP contribution >= 0.6 is 0 Å². The van der Waals surface area contributed by atoms with Crippen LogP contribution in [0, 0.1) is 15.9 Å². The highest BCUT2D eigenvalue weighted by molar-refractivity contribution is 6.06. The Bertz CT molecular complexity index is 1250. The van der Waals surface area contributed by atoms with E-state index in [2.05, 4.69) is 16.0 Å². The summed E-state index contributed by atoms with van der Waals surface area (Å²) in [6, 6.07) is 13.1. The molecule has 1 aromatic heterocycles. The molecule has 0 spiro atoms. The van der Waals surface area contributed by atoms with Crippen LogP contribution < -0.4 is 16.0 Å². The number of furan rings is 1. The van der Waals surface area contributed by atoms with Gasteiger partial charge in [0.25, 0.3) is 11.6 Å². The molecule has 0 radical (unpaired) electrons. The van der Waals surface area contributed by atoms with Crippen LogP contribution in [-0.4, -0.2) is 16.9 Å². The number of nitrogens with zero attached hydrogens (tertiary/aromatic N) is 1. The first kappa shape index (κ1) is 20.8. The highest BCUT2D eigenvalue weighted by Gasteiger charge is 2.33. The summed E-state index contributed by atoms with van der Waals surface area (Å²) in [6.07, 6.45) is 0. The van der Waals surface area contributed by atoms with Crippen molar-refractivity contribution in [2.75, 3.05) is 5.32 Å². The molecule has 2 aromatic carbocycles. The van der Waals surface area contributed by atoms with Gasteiger partial charge in [-0.2, -0.15) is 0 Å². The van der Waals surface area contributed by atoms with Gasteiger partial charge in [-0.3, -0.25) is 14.9 Å². The minimum absolute atomic E-state index is 0.171. The van der Waals surface area contributed by atoms with Crippen LogP contribution in [0.2, 0.25) is 0 Å². The number of nitrogens with one attached hydrogen (secondary N) is 3. The Morgan fingerprint density at radius 2 is 1.91 bits per heavy atom. The van der Waals surface area contributed by atoms with Gasteiger partial charge in [0.1, 0.15) is 23.4 Å². The van der Waals surface area contributed by atoms with E-state index in [1.807, 2.05) is 0 Å². The van der Waals surface area contributed by atoms with Crippen molar-refractivity contribution < 1.29 is 23.3 Å². The second-order valence-electron chi connectivity index (χ2n) is 7.04. The third-order valence-corrected chi connectivity index (χ3v) is 4.87. The van der Waals surface area contributed by atoms with Gasteiger partial charge in [0.05, 0.1) is 10.5 Å². The number of nitro groups is 1. The van der Waals surface area contributed by atoms with E-state index in [1.54, 1.807) is 31.2 Å². The molecule has 0 saturated heterocycles. The second kappa shape index (κ2) is 8.34. The summed E-state index contributed by atoms with van der Waals surface area (Å²) in [5.74, 6) is -0.225. The number of urea groups is 1. The average Bonchev–Trinajstić information content (AvgIpc) is 3.24. The Balaban J connectivity index is 1.64. The molecule has 0 bridgehead atoms. The van der Waals surface area contributed by atoms with Crippen LogP contribution in [0.5, 0.6) is 0 Å². The Kier molecular flexibility index (Phi) is 5.42. The van der Waals surface area contributed by atoms with E-state index in [0.717, 1.165) is 0 Å². The molecule has 0 unspecified atom stereocenters. The Morgan fingerprint density at radius 1 is 1.16 bits per heavy atom. The molecular formula is C22H17FN4O5. The number of benzene rings is 2. The number of allylic oxidation sites excluding steroid dienone is 1. The van der Waals surface area contributed by atoms with Crippen LogP contribution in [0.15, 0.2) is 76.4 Å². The van der Waals surface area contributed by atoms with E-state index >= 15 is 0 Å². The molecular weight excluding hydrogens is 419 g/mol. The summed E-state index contributed by atoms with van der Waals surface area (Å²) in [7, 11) is 0. The molecule has 3 N–H and O–H groups in total. The first-order chi connectivity index (χ1) is 15.3. The molecule has 1 aliphatic heterocycles. The van der Waals surface area contributed by atoms with Crippen molar-refractivity contribution in [3.8, 4) is 11.3 Å². The number of amides is 3. The molecule has 0 saturated carbocycles. The maximum absolute atomic E-state index is 13.2. The Morgan fingerprint density at radius 3 is 2.62 bits per heavy atom. The highest BCUT2D eigenvalue weighted by Crippen LogP contribution is 2.32. The summed E-state index contributed by atoms with van der Waals surface area (Å²) in [4.78, 5) is 35.6. The Hall–Kier alpha value is -4.47. The minimum Gasteiger partial charge on any atom is -0.459 e. The summed E-state index contributed by atoms with van der Waals surface area (Å²) >= 11 is 0. The SMILES string of the molecule is CC1=C(C(=O)Nc2cccc([N+](=O)[O-])c2)[C@H](c2ccc(-c3ccc(F)cc3)o2)NC(=O)N1. The summed E-state index contributed by atoms with van der Waals surface area (Å²) in [5, 5.41) is 18.8. The lowest BCUT2D eigenvalue weighted by Gasteiger charge is -2.27. The van der Waals surface area contributed by atoms with Crippen LogP contribution in [-0.2, 0) is 4.79 Å². The molecule has 10 heteroatoms. The van der Waals surface area contributed by atoms with Gasteiger partial charge < -0.3 is 20.4 Å². The standard InChI is InChI=1S/C22H17FN4O5/c1-12-19(21(28)25-15-3-2-4-16(11-15)27(30)31)20(26-22(29)24-12)18-10-9-17(32-18)13-5-7-14(23)8-6-13/h2-11,20H,1H3,(H,25,28)(H2,24,26,29)/t20-/m0/s1. The number of hydrogen-bond donors (Lipinski definition) is 3. The molecule has 4 rings (SSSR count). The zero-order valence-corrected chi connectivity index (χ0v) is 16.7. The minimum atomic E-state index is -0.906. The lowest BCUT2D eigenvalue weighted by Crippen LogP contribution is -2.45. The van der Waals surface area contributed by atoms with Crippen molar-refractivity contribution in [2.45, 2.75) is 13.0 Å². The van der Waals surface area contributed by atoms with Gasteiger partial charge in [-0.15, -0.1) is 0 Å². The number of hydrogen-bond acceptors (Lipinski definition) is 5. The predicted octanol–water partition coefficient (Wildman–Crippen LogP) is 4.26. The van der Waals surface area contributed by atoms with Crippen molar-refractivity contribution in [1.29, 1.82) is 0 Å². The lowest BCUT2D eigenvalue weighted by atomic mass is 9.99. The normalized spacial score (nSPS) is 15.7. The molecule has 9 nitrogen and oxygen atoms in total. The molecule has 2 heterocycles. The first-order valence-electron chi connectivity index (χ1n) is 9.51. The summed E-state index contributed by atoms with van der Waals surface area (Å²) < 4.78 is 19.1. The van der Waals surface area contributed by atoms with Gasteiger partial charge in [0.2, 0.25) is 0 Å². The predicted molar refractivity (Wildman–Crippen MR) is 113 cm³/mol. The average molecular weight is 436 g/mol. The summed E-state index contributed by atoms with van der Waals surface area (Å²) in [5.41, 5.74) is 1.17. The number of carbonyl (C=O) groups excluding carboxylic acids is 2. The molecule has 1 atom stereocenters. The fraction of sp³-hybridized carbons (Fsp3) is 0.0909. The maximum Gasteiger partial charge on any atom is 0.319 e. The van der Waals surface area contributed by atoms with Gasteiger partial charge in [-0.1, -0.05) is 6.07 Å². The molecule has 3 amide bonds. The monoisotopic (exact) mass is 436 g/mol. The van der Waals surface area contributed by atoms with Crippen LogP contribution in [0.4, 0.5) is 20.6 Å². The summed E-state index contributed by atoms with van der Waals surface area (Å²) in [6.45, 7) is 1.57. The fourth-order valence-electron chi connectivity index (χ4n) is 3.38. The van der Waals surface area contributed by atoms with Gasteiger partial charge in [0, 0.05) is 29.1 Å². The topological polar surface area (TPSA) is 127 Å². The molecule has 32 heavy (non-hydrogen) atoms. The van der Waals surface area contributed by atoms with Crippen LogP contribution in [0.25, 0.3) is 11.3 Å². The van der Waals surface area contributed by atoms with Crippen LogP contribution in [0.1, 0.15) is 18.7 Å². The number of non-ortho nitro benzene ring substituents is 1. The number of nitro benzene ring substituents is 1. The van der Waals surface area contributed by atoms with E-state index in [-0.39, 0.29) is 22.8 Å². The van der Waals surface area contributed by atoms with E-state index in [9.17, 15) is 24.1 Å². The third kappa shape index (κ3) is 4.19. The highest BCUT2D eigenvalue weighted by atomic mass is 19.1. The van der Waals surface area contributed by atoms with Crippen molar-refractivity contribution in [2.24, 2.45) is 0 Å². The molecule has 0 aliphatic carbocycles. The maximum atomic E-state index is 13.2. The van der Waals surface area contributed by atoms with Crippen molar-refractivity contribution in [3.05, 3.63) is 93.6 Å². The van der Waals surface area contributed by atoms with E-state index < -0.39 is 22.9 Å². The Labute approximate surface area is 181 Å². The van der Waals surface area contributed by atoms with E-state index in [1.165, 1.54) is 36.4 Å². The fourth-order valence-corrected chi connectivity index (χ4v) is 3.38. The quantitative estimate of drug-likeness (QED) is 0.407. The van der Waals surface area contributed by atoms with Crippen molar-refractivity contribution in [3.63, 3.8) is 0 Å².